The second kappa shape index (κ2) is 7.51. The highest BCUT2D eigenvalue weighted by atomic mass is 16.1. The third-order valence-electron chi connectivity index (χ3n) is 4.53. The summed E-state index contributed by atoms with van der Waals surface area (Å²) in [4.78, 5) is 16.8. The van der Waals surface area contributed by atoms with Gasteiger partial charge in [0.2, 0.25) is 5.91 Å². The van der Waals surface area contributed by atoms with Gasteiger partial charge in [-0.1, -0.05) is 50.2 Å². The fraction of sp³-hybridized carbons (Fsp3) is 0.333. The molecular formula is C21H25N3O. The van der Waals surface area contributed by atoms with Crippen molar-refractivity contribution in [3.05, 3.63) is 65.5 Å². The summed E-state index contributed by atoms with van der Waals surface area (Å²) in [6.45, 7) is 7.27. The van der Waals surface area contributed by atoms with E-state index in [1.165, 1.54) is 11.1 Å². The second-order valence-electron chi connectivity index (χ2n) is 6.73. The lowest BCUT2D eigenvalue weighted by Gasteiger charge is -2.09. The van der Waals surface area contributed by atoms with E-state index >= 15 is 0 Å². The number of rotatable bonds is 6. The van der Waals surface area contributed by atoms with E-state index < -0.39 is 0 Å². The Morgan fingerprint density at radius 3 is 2.56 bits per heavy atom. The summed E-state index contributed by atoms with van der Waals surface area (Å²) in [7, 11) is 0. The number of hydrogen-bond acceptors (Lipinski definition) is 2. The van der Waals surface area contributed by atoms with Crippen LogP contribution in [0.2, 0.25) is 0 Å². The molecule has 1 amide bonds. The molecule has 1 heterocycles. The van der Waals surface area contributed by atoms with Crippen molar-refractivity contribution in [3.63, 3.8) is 0 Å². The van der Waals surface area contributed by atoms with Crippen LogP contribution in [0.25, 0.3) is 11.0 Å². The maximum atomic E-state index is 12.3. The van der Waals surface area contributed by atoms with Crippen LogP contribution in [0, 0.1) is 6.92 Å². The second-order valence-corrected chi connectivity index (χ2v) is 6.73. The number of hydrogen-bond donors (Lipinski definition) is 1. The largest absolute Gasteiger partial charge is 0.354 e. The van der Waals surface area contributed by atoms with E-state index in [1.807, 2.05) is 35.8 Å². The van der Waals surface area contributed by atoms with Gasteiger partial charge in [0.15, 0.2) is 0 Å². The number of aryl methyl sites for hydroxylation is 1. The van der Waals surface area contributed by atoms with Crippen molar-refractivity contribution in [1.82, 2.24) is 14.9 Å². The van der Waals surface area contributed by atoms with Crippen LogP contribution in [0.1, 0.15) is 36.7 Å². The van der Waals surface area contributed by atoms with Gasteiger partial charge in [0, 0.05) is 6.54 Å². The number of fused-ring (bicyclic) bond motifs is 1. The first kappa shape index (κ1) is 17.2. The molecule has 4 heteroatoms. The van der Waals surface area contributed by atoms with Crippen LogP contribution in [-0.4, -0.2) is 22.0 Å². The standard InChI is InChI=1S/C21H25N3O/c1-15(2)18-10-8-17(9-11-18)12-13-22-21(25)14-24-16(3)23-19-6-4-5-7-20(19)24/h4-11,15H,12-14H2,1-3H3,(H,22,25). The molecule has 130 valence electrons. The van der Waals surface area contributed by atoms with Crippen molar-refractivity contribution in [1.29, 1.82) is 0 Å². The monoisotopic (exact) mass is 335 g/mol. The minimum atomic E-state index is 0.0186. The first-order chi connectivity index (χ1) is 12.0. The van der Waals surface area contributed by atoms with Gasteiger partial charge in [-0.05, 0) is 42.5 Å². The third-order valence-corrected chi connectivity index (χ3v) is 4.53. The Hall–Kier alpha value is -2.62. The number of carbonyl (C=O) groups excluding carboxylic acids is 1. The number of para-hydroxylation sites is 2. The normalized spacial score (nSPS) is 11.2. The Labute approximate surface area is 148 Å². The predicted octanol–water partition coefficient (Wildman–Crippen LogP) is 3.83. The van der Waals surface area contributed by atoms with Gasteiger partial charge in [0.1, 0.15) is 12.4 Å². The molecule has 1 N–H and O–H groups in total. The van der Waals surface area contributed by atoms with E-state index in [-0.39, 0.29) is 5.91 Å². The number of imidazole rings is 1. The summed E-state index contributed by atoms with van der Waals surface area (Å²) in [5, 5.41) is 3.01. The molecule has 0 aliphatic heterocycles. The van der Waals surface area contributed by atoms with Gasteiger partial charge in [-0.25, -0.2) is 4.98 Å². The Morgan fingerprint density at radius 2 is 1.84 bits per heavy atom. The van der Waals surface area contributed by atoms with Gasteiger partial charge >= 0.3 is 0 Å². The maximum Gasteiger partial charge on any atom is 0.240 e. The average Bonchev–Trinajstić information content (AvgIpc) is 2.91. The maximum absolute atomic E-state index is 12.3. The molecule has 0 aliphatic carbocycles. The molecule has 0 saturated carbocycles. The van der Waals surface area contributed by atoms with E-state index in [2.05, 4.69) is 48.4 Å². The SMILES string of the molecule is Cc1nc2ccccc2n1CC(=O)NCCc1ccc(C(C)C)cc1. The van der Waals surface area contributed by atoms with Crippen LogP contribution in [-0.2, 0) is 17.8 Å². The zero-order valence-electron chi connectivity index (χ0n) is 15.1. The first-order valence-electron chi connectivity index (χ1n) is 8.82. The van der Waals surface area contributed by atoms with Crippen LogP contribution < -0.4 is 5.32 Å². The van der Waals surface area contributed by atoms with Gasteiger partial charge in [-0.3, -0.25) is 4.79 Å². The molecule has 3 aromatic rings. The van der Waals surface area contributed by atoms with Crippen LogP contribution in [0.5, 0.6) is 0 Å². The minimum Gasteiger partial charge on any atom is -0.354 e. The molecule has 25 heavy (non-hydrogen) atoms. The van der Waals surface area contributed by atoms with E-state index in [0.717, 1.165) is 23.3 Å². The van der Waals surface area contributed by atoms with Crippen LogP contribution in [0.15, 0.2) is 48.5 Å². The zero-order valence-corrected chi connectivity index (χ0v) is 15.1. The van der Waals surface area contributed by atoms with Gasteiger partial charge in [0.25, 0.3) is 0 Å². The van der Waals surface area contributed by atoms with Crippen molar-refractivity contribution >= 4 is 16.9 Å². The lowest BCUT2D eigenvalue weighted by molar-refractivity contribution is -0.121. The topological polar surface area (TPSA) is 46.9 Å². The quantitative estimate of drug-likeness (QED) is 0.744. The van der Waals surface area contributed by atoms with Crippen molar-refractivity contribution in [2.75, 3.05) is 6.54 Å². The Bertz CT molecular complexity index is 862. The summed E-state index contributed by atoms with van der Waals surface area (Å²) < 4.78 is 1.96. The number of amides is 1. The highest BCUT2D eigenvalue weighted by Gasteiger charge is 2.10. The molecule has 1 aromatic heterocycles. The molecule has 0 spiro atoms. The third kappa shape index (κ3) is 4.08. The van der Waals surface area contributed by atoms with E-state index in [0.29, 0.717) is 19.0 Å². The van der Waals surface area contributed by atoms with Crippen LogP contribution in [0.3, 0.4) is 0 Å². The fourth-order valence-corrected chi connectivity index (χ4v) is 3.01. The molecule has 0 atom stereocenters. The summed E-state index contributed by atoms with van der Waals surface area (Å²) in [6.07, 6.45) is 0.841. The van der Waals surface area contributed by atoms with Crippen molar-refractivity contribution in [2.45, 2.75) is 39.7 Å². The molecule has 2 aromatic carbocycles. The van der Waals surface area contributed by atoms with Gasteiger partial charge in [-0.2, -0.15) is 0 Å². The lowest BCUT2D eigenvalue weighted by Crippen LogP contribution is -2.29. The summed E-state index contributed by atoms with van der Waals surface area (Å²) in [5.41, 5.74) is 4.52. The Kier molecular flexibility index (Phi) is 5.17. The highest BCUT2D eigenvalue weighted by Crippen LogP contribution is 2.16. The van der Waals surface area contributed by atoms with Crippen molar-refractivity contribution < 1.29 is 4.79 Å². The van der Waals surface area contributed by atoms with Gasteiger partial charge in [-0.15, -0.1) is 0 Å². The summed E-state index contributed by atoms with van der Waals surface area (Å²) in [6, 6.07) is 16.5. The van der Waals surface area contributed by atoms with Gasteiger partial charge < -0.3 is 9.88 Å². The van der Waals surface area contributed by atoms with E-state index in [4.69, 9.17) is 0 Å². The van der Waals surface area contributed by atoms with Crippen molar-refractivity contribution in [2.24, 2.45) is 0 Å². The van der Waals surface area contributed by atoms with Gasteiger partial charge in [0.05, 0.1) is 11.0 Å². The number of nitrogens with one attached hydrogen (secondary N) is 1. The molecule has 0 bridgehead atoms. The van der Waals surface area contributed by atoms with Crippen LogP contribution >= 0.6 is 0 Å². The molecule has 0 fully saturated rings. The average molecular weight is 335 g/mol. The van der Waals surface area contributed by atoms with E-state index in [1.54, 1.807) is 0 Å². The molecule has 0 radical (unpaired) electrons. The fourth-order valence-electron chi connectivity index (χ4n) is 3.01. The molecule has 0 saturated heterocycles. The molecular weight excluding hydrogens is 310 g/mol. The zero-order chi connectivity index (χ0) is 17.8. The first-order valence-corrected chi connectivity index (χ1v) is 8.82. The molecule has 0 unspecified atom stereocenters. The van der Waals surface area contributed by atoms with Crippen molar-refractivity contribution in [3.8, 4) is 0 Å². The minimum absolute atomic E-state index is 0.0186. The smallest absolute Gasteiger partial charge is 0.240 e. The molecule has 0 aliphatic rings. The van der Waals surface area contributed by atoms with Crippen LogP contribution in [0.4, 0.5) is 0 Å². The predicted molar refractivity (Wildman–Crippen MR) is 102 cm³/mol. The highest BCUT2D eigenvalue weighted by molar-refractivity contribution is 5.81. The number of carbonyl (C=O) groups is 1. The Morgan fingerprint density at radius 1 is 1.12 bits per heavy atom. The summed E-state index contributed by atoms with van der Waals surface area (Å²) in [5.74, 6) is 1.42. The number of nitrogens with zero attached hydrogens (tertiary/aromatic N) is 2. The molecule has 4 nitrogen and oxygen atoms in total. The summed E-state index contributed by atoms with van der Waals surface area (Å²) >= 11 is 0. The number of aromatic nitrogens is 2. The lowest BCUT2D eigenvalue weighted by atomic mass is 10.0. The number of benzene rings is 2. The molecule has 3 rings (SSSR count). The van der Waals surface area contributed by atoms with E-state index in [9.17, 15) is 4.79 Å². The Balaban J connectivity index is 1.55.